The number of amides is 4. The average Bonchev–Trinajstić information content (AvgIpc) is 2.86. The maximum absolute atomic E-state index is 13.1. The Hall–Kier alpha value is -3.83. The fraction of sp³-hybridized carbons (Fsp3) is 0.308. The van der Waals surface area contributed by atoms with Gasteiger partial charge in [-0.25, -0.2) is 4.79 Å². The highest BCUT2D eigenvalue weighted by Crippen LogP contribution is 2.38. The van der Waals surface area contributed by atoms with Crippen LogP contribution in [0.4, 0.5) is 4.79 Å². The number of imide groups is 2. The van der Waals surface area contributed by atoms with Crippen molar-refractivity contribution in [2.24, 2.45) is 0 Å². The molecule has 0 bridgehead atoms. The lowest BCUT2D eigenvalue weighted by atomic mass is 9.93. The molecule has 1 aliphatic heterocycles. The van der Waals surface area contributed by atoms with E-state index in [0.717, 1.165) is 37.0 Å². The van der Waals surface area contributed by atoms with Crippen molar-refractivity contribution in [1.29, 1.82) is 5.26 Å². The summed E-state index contributed by atoms with van der Waals surface area (Å²) in [4.78, 5) is 39.2. The molecule has 1 heterocycles. The van der Waals surface area contributed by atoms with Gasteiger partial charge in [0.1, 0.15) is 12.2 Å². The van der Waals surface area contributed by atoms with Gasteiger partial charge in [0.15, 0.2) is 11.5 Å². The van der Waals surface area contributed by atoms with Crippen LogP contribution in [-0.4, -0.2) is 35.9 Å². The van der Waals surface area contributed by atoms with Gasteiger partial charge >= 0.3 is 6.03 Å². The van der Waals surface area contributed by atoms with Crippen molar-refractivity contribution in [1.82, 2.24) is 10.2 Å². The Morgan fingerprint density at radius 1 is 1.17 bits per heavy atom. The number of carbonyl (C=O) groups is 3. The number of hydrogen-bond donors (Lipinski definition) is 1. The minimum atomic E-state index is -0.754. The number of carbonyl (C=O) groups excluding carboxylic acids is 3. The highest BCUT2D eigenvalue weighted by atomic mass is 35.5. The van der Waals surface area contributed by atoms with Gasteiger partial charge in [-0.2, -0.15) is 5.26 Å². The van der Waals surface area contributed by atoms with E-state index in [1.807, 2.05) is 0 Å². The van der Waals surface area contributed by atoms with Crippen LogP contribution in [-0.2, 0) is 16.2 Å². The topological polar surface area (TPSA) is 109 Å². The molecule has 0 unspecified atom stereocenters. The molecule has 1 aliphatic carbocycles. The molecule has 180 valence electrons. The molecule has 0 spiro atoms. The van der Waals surface area contributed by atoms with Crippen molar-refractivity contribution in [3.05, 3.63) is 63.7 Å². The summed E-state index contributed by atoms with van der Waals surface area (Å²) in [7, 11) is 1.45. The zero-order chi connectivity index (χ0) is 24.9. The first-order valence-electron chi connectivity index (χ1n) is 11.3. The monoisotopic (exact) mass is 493 g/mol. The van der Waals surface area contributed by atoms with Gasteiger partial charge in [0.25, 0.3) is 11.8 Å². The quantitative estimate of drug-likeness (QED) is 0.465. The minimum absolute atomic E-state index is 0.0968. The number of urea groups is 1. The first-order valence-corrected chi connectivity index (χ1v) is 11.7. The predicted octanol–water partition coefficient (Wildman–Crippen LogP) is 4.59. The van der Waals surface area contributed by atoms with E-state index in [1.54, 1.807) is 36.4 Å². The average molecular weight is 494 g/mol. The minimum Gasteiger partial charge on any atom is -0.493 e. The van der Waals surface area contributed by atoms with E-state index in [4.69, 9.17) is 21.1 Å². The lowest BCUT2D eigenvalue weighted by Gasteiger charge is -2.35. The summed E-state index contributed by atoms with van der Waals surface area (Å²) < 4.78 is 11.3. The Bertz CT molecular complexity index is 1240. The van der Waals surface area contributed by atoms with Crippen LogP contribution in [0.15, 0.2) is 42.0 Å². The second-order valence-corrected chi connectivity index (χ2v) is 8.78. The Labute approximate surface area is 208 Å². The fourth-order valence-corrected chi connectivity index (χ4v) is 4.65. The molecule has 8 nitrogen and oxygen atoms in total. The zero-order valence-corrected chi connectivity index (χ0v) is 19.9. The van der Waals surface area contributed by atoms with Gasteiger partial charge in [0.05, 0.1) is 23.8 Å². The van der Waals surface area contributed by atoms with Crippen LogP contribution >= 0.6 is 11.6 Å². The molecular weight excluding hydrogens is 470 g/mol. The molecular formula is C26H24ClN3O5. The Balaban J connectivity index is 1.61. The summed E-state index contributed by atoms with van der Waals surface area (Å²) in [5.41, 5.74) is 1.47. The molecule has 2 fully saturated rings. The van der Waals surface area contributed by atoms with Crippen molar-refractivity contribution < 1.29 is 23.9 Å². The van der Waals surface area contributed by atoms with Crippen LogP contribution in [0.5, 0.6) is 11.5 Å². The van der Waals surface area contributed by atoms with E-state index in [2.05, 4.69) is 11.4 Å². The van der Waals surface area contributed by atoms with E-state index in [1.165, 1.54) is 13.2 Å². The van der Waals surface area contributed by atoms with Gasteiger partial charge in [0, 0.05) is 11.6 Å². The van der Waals surface area contributed by atoms with Gasteiger partial charge in [-0.15, -0.1) is 0 Å². The van der Waals surface area contributed by atoms with Gasteiger partial charge in [-0.3, -0.25) is 19.8 Å². The van der Waals surface area contributed by atoms with Crippen molar-refractivity contribution >= 4 is 35.5 Å². The molecule has 9 heteroatoms. The predicted molar refractivity (Wildman–Crippen MR) is 129 cm³/mol. The lowest BCUT2D eigenvalue weighted by molar-refractivity contribution is -0.132. The number of halogens is 1. The number of barbiturate groups is 1. The highest BCUT2D eigenvalue weighted by molar-refractivity contribution is 6.33. The molecule has 2 aromatic rings. The Morgan fingerprint density at radius 2 is 1.91 bits per heavy atom. The molecule has 0 radical (unpaired) electrons. The van der Waals surface area contributed by atoms with Crippen molar-refractivity contribution in [2.75, 3.05) is 7.11 Å². The summed E-state index contributed by atoms with van der Waals surface area (Å²) in [6.45, 7) is 0.0968. The fourth-order valence-electron chi connectivity index (χ4n) is 4.38. The smallest absolute Gasteiger partial charge is 0.331 e. The van der Waals surface area contributed by atoms with E-state index in [-0.39, 0.29) is 29.0 Å². The molecule has 1 saturated carbocycles. The molecule has 4 amide bonds. The summed E-state index contributed by atoms with van der Waals surface area (Å²) in [5, 5.41) is 11.8. The van der Waals surface area contributed by atoms with Gasteiger partial charge < -0.3 is 9.47 Å². The maximum Gasteiger partial charge on any atom is 0.331 e. The van der Waals surface area contributed by atoms with E-state index < -0.39 is 17.8 Å². The van der Waals surface area contributed by atoms with E-state index in [9.17, 15) is 19.6 Å². The number of benzene rings is 2. The highest BCUT2D eigenvalue weighted by Gasteiger charge is 2.40. The molecule has 2 aliphatic rings. The Kier molecular flexibility index (Phi) is 7.37. The van der Waals surface area contributed by atoms with E-state index >= 15 is 0 Å². The third-order valence-electron chi connectivity index (χ3n) is 6.15. The first-order chi connectivity index (χ1) is 16.9. The van der Waals surface area contributed by atoms with Gasteiger partial charge in [0.2, 0.25) is 0 Å². The SMILES string of the molecule is COc1cc(C=C2C(=O)NC(=O)N(C3CCCCC3)C2=O)cc(Cl)c1OCc1ccccc1C#N. The molecule has 35 heavy (non-hydrogen) atoms. The Morgan fingerprint density at radius 3 is 2.63 bits per heavy atom. The van der Waals surface area contributed by atoms with Crippen LogP contribution in [0.3, 0.4) is 0 Å². The largest absolute Gasteiger partial charge is 0.493 e. The molecule has 4 rings (SSSR count). The number of nitrogens with one attached hydrogen (secondary N) is 1. The summed E-state index contributed by atoms with van der Waals surface area (Å²) in [5.74, 6) is -0.810. The first kappa shape index (κ1) is 24.3. The maximum atomic E-state index is 13.1. The summed E-state index contributed by atoms with van der Waals surface area (Å²) in [6.07, 6.45) is 5.77. The third kappa shape index (κ3) is 5.15. The molecule has 1 N–H and O–H groups in total. The van der Waals surface area contributed by atoms with Crippen LogP contribution in [0, 0.1) is 11.3 Å². The van der Waals surface area contributed by atoms with Crippen LogP contribution < -0.4 is 14.8 Å². The normalized spacial score (nSPS) is 17.8. The molecule has 2 aromatic carbocycles. The number of methoxy groups -OCH3 is 1. The second-order valence-electron chi connectivity index (χ2n) is 8.38. The number of hydrogen-bond acceptors (Lipinski definition) is 6. The van der Waals surface area contributed by atoms with Crippen molar-refractivity contribution in [3.8, 4) is 17.6 Å². The molecule has 1 saturated heterocycles. The van der Waals surface area contributed by atoms with Gasteiger partial charge in [-0.1, -0.05) is 49.1 Å². The number of nitriles is 1. The zero-order valence-electron chi connectivity index (χ0n) is 19.2. The van der Waals surface area contributed by atoms with Crippen molar-refractivity contribution in [3.63, 3.8) is 0 Å². The number of rotatable bonds is 6. The summed E-state index contributed by atoms with van der Waals surface area (Å²) in [6, 6.07) is 11.4. The van der Waals surface area contributed by atoms with Gasteiger partial charge in [-0.05, 0) is 42.7 Å². The molecule has 0 aromatic heterocycles. The second kappa shape index (κ2) is 10.6. The number of nitrogens with zero attached hydrogens (tertiary/aromatic N) is 2. The third-order valence-corrected chi connectivity index (χ3v) is 6.43. The summed E-state index contributed by atoms with van der Waals surface area (Å²) >= 11 is 6.47. The van der Waals surface area contributed by atoms with Crippen LogP contribution in [0.2, 0.25) is 5.02 Å². The molecule has 0 atom stereocenters. The van der Waals surface area contributed by atoms with E-state index in [0.29, 0.717) is 22.4 Å². The van der Waals surface area contributed by atoms with Crippen molar-refractivity contribution in [2.45, 2.75) is 44.8 Å². The lowest BCUT2D eigenvalue weighted by Crippen LogP contribution is -2.58. The number of ether oxygens (including phenoxy) is 2. The van der Waals surface area contributed by atoms with Crippen LogP contribution in [0.25, 0.3) is 6.08 Å². The standard InChI is InChI=1S/C26H24ClN3O5/c1-34-22-13-16(12-21(27)23(22)35-15-18-8-6-5-7-17(18)14-28)11-20-24(31)29-26(33)30(25(20)32)19-9-3-2-4-10-19/h5-8,11-13,19H,2-4,9-10,15H2,1H3,(H,29,31,33). The van der Waals surface area contributed by atoms with Crippen LogP contribution in [0.1, 0.15) is 48.8 Å².